The molecule has 9 heteroatoms. The number of hydrogen-bond donors (Lipinski definition) is 0. The summed E-state index contributed by atoms with van der Waals surface area (Å²) in [7, 11) is 0. The van der Waals surface area contributed by atoms with E-state index in [1.54, 1.807) is 20.8 Å². The summed E-state index contributed by atoms with van der Waals surface area (Å²) in [5.41, 5.74) is -3.83. The fraction of sp³-hybridized carbons (Fsp3) is 0.917. The number of amides is 2. The Morgan fingerprint density at radius 1 is 1.19 bits per heavy atom. The van der Waals surface area contributed by atoms with E-state index >= 15 is 0 Å². The van der Waals surface area contributed by atoms with E-state index in [1.807, 2.05) is 0 Å². The van der Waals surface area contributed by atoms with Crippen molar-refractivity contribution in [2.45, 2.75) is 45.6 Å². The summed E-state index contributed by atoms with van der Waals surface area (Å²) in [5, 5.41) is 0. The van der Waals surface area contributed by atoms with Crippen LogP contribution in [0.5, 0.6) is 0 Å². The molecule has 0 aromatic heterocycles. The van der Waals surface area contributed by atoms with Crippen molar-refractivity contribution in [2.75, 3.05) is 19.6 Å². The van der Waals surface area contributed by atoms with Crippen molar-refractivity contribution in [2.24, 2.45) is 5.41 Å². The Morgan fingerprint density at radius 3 is 1.95 bits per heavy atom. The molecule has 0 aromatic carbocycles. The van der Waals surface area contributed by atoms with Crippen LogP contribution in [0.4, 0.5) is 31.1 Å². The van der Waals surface area contributed by atoms with Crippen molar-refractivity contribution in [3.8, 4) is 0 Å². The third-order valence-electron chi connectivity index (χ3n) is 3.83. The molecule has 0 bridgehead atoms. The fourth-order valence-electron chi connectivity index (χ4n) is 2.50. The SMILES string of the molecule is CCN(C(=O)N1CCC(C(F)(F)F)(C(F)(F)F)C1)C(C)C. The Balaban J connectivity index is 3.03. The standard InChI is InChI=1S/C12H18F6N2O/c1-4-20(8(2)3)9(21)19-6-5-10(7-19,11(13,14)15)12(16,17)18/h8H,4-7H2,1-3H3. The highest BCUT2D eigenvalue weighted by Gasteiger charge is 2.73. The van der Waals surface area contributed by atoms with Gasteiger partial charge >= 0.3 is 18.4 Å². The van der Waals surface area contributed by atoms with Gasteiger partial charge in [0.1, 0.15) is 0 Å². The van der Waals surface area contributed by atoms with Gasteiger partial charge in [-0.1, -0.05) is 0 Å². The van der Waals surface area contributed by atoms with Gasteiger partial charge in [-0.2, -0.15) is 26.3 Å². The van der Waals surface area contributed by atoms with Crippen LogP contribution in [0.25, 0.3) is 0 Å². The first-order valence-electron chi connectivity index (χ1n) is 6.56. The van der Waals surface area contributed by atoms with Gasteiger partial charge in [0.15, 0.2) is 5.41 Å². The lowest BCUT2D eigenvalue weighted by molar-refractivity contribution is -0.334. The monoisotopic (exact) mass is 320 g/mol. The number of carbonyl (C=O) groups is 1. The molecule has 21 heavy (non-hydrogen) atoms. The van der Waals surface area contributed by atoms with Crippen molar-refractivity contribution in [3.63, 3.8) is 0 Å². The summed E-state index contributed by atoms with van der Waals surface area (Å²) in [4.78, 5) is 14.0. The topological polar surface area (TPSA) is 23.6 Å². The number of alkyl halides is 6. The van der Waals surface area contributed by atoms with Crippen molar-refractivity contribution in [3.05, 3.63) is 0 Å². The zero-order chi connectivity index (χ0) is 16.6. The Hall–Kier alpha value is -1.15. The lowest BCUT2D eigenvalue weighted by atomic mass is 9.85. The average Bonchev–Trinajstić information content (AvgIpc) is 2.73. The zero-order valence-corrected chi connectivity index (χ0v) is 12.0. The van der Waals surface area contributed by atoms with Crippen LogP contribution < -0.4 is 0 Å². The van der Waals surface area contributed by atoms with E-state index in [-0.39, 0.29) is 12.6 Å². The van der Waals surface area contributed by atoms with Gasteiger partial charge < -0.3 is 9.80 Å². The van der Waals surface area contributed by atoms with Crippen LogP contribution in [0.1, 0.15) is 27.2 Å². The van der Waals surface area contributed by atoms with E-state index in [2.05, 4.69) is 0 Å². The minimum absolute atomic E-state index is 0.220. The molecule has 0 aromatic rings. The van der Waals surface area contributed by atoms with Crippen LogP contribution in [0.15, 0.2) is 0 Å². The van der Waals surface area contributed by atoms with Crippen molar-refractivity contribution in [1.29, 1.82) is 0 Å². The molecule has 1 saturated heterocycles. The molecular formula is C12H18F6N2O. The van der Waals surface area contributed by atoms with Gasteiger partial charge in [0.05, 0.1) is 0 Å². The maximum atomic E-state index is 12.9. The van der Waals surface area contributed by atoms with Crippen molar-refractivity contribution in [1.82, 2.24) is 9.80 Å². The molecule has 0 N–H and O–H groups in total. The van der Waals surface area contributed by atoms with E-state index < -0.39 is 43.3 Å². The van der Waals surface area contributed by atoms with Gasteiger partial charge in [-0.05, 0) is 27.2 Å². The Labute approximate surface area is 118 Å². The minimum Gasteiger partial charge on any atom is -0.323 e. The van der Waals surface area contributed by atoms with Crippen molar-refractivity contribution < 1.29 is 31.1 Å². The van der Waals surface area contributed by atoms with E-state index in [0.717, 1.165) is 0 Å². The lowest BCUT2D eigenvalue weighted by Gasteiger charge is -2.35. The molecular weight excluding hydrogens is 302 g/mol. The molecule has 1 aliphatic rings. The Morgan fingerprint density at radius 2 is 1.67 bits per heavy atom. The predicted octanol–water partition coefficient (Wildman–Crippen LogP) is 3.65. The number of halogens is 6. The van der Waals surface area contributed by atoms with Crippen molar-refractivity contribution >= 4 is 6.03 Å². The molecule has 0 unspecified atom stereocenters. The normalized spacial score (nSPS) is 19.2. The first-order chi connectivity index (χ1) is 9.37. The third-order valence-corrected chi connectivity index (χ3v) is 3.83. The zero-order valence-electron chi connectivity index (χ0n) is 12.0. The fourth-order valence-corrected chi connectivity index (χ4v) is 2.50. The van der Waals surface area contributed by atoms with Gasteiger partial charge in [0.25, 0.3) is 0 Å². The van der Waals surface area contributed by atoms with Crippen LogP contribution in [0.3, 0.4) is 0 Å². The minimum atomic E-state index is -5.44. The summed E-state index contributed by atoms with van der Waals surface area (Å²) in [6, 6.07) is -1.09. The molecule has 2 amide bonds. The first-order valence-corrected chi connectivity index (χ1v) is 6.56. The summed E-state index contributed by atoms with van der Waals surface area (Å²) in [5.74, 6) is 0. The molecule has 1 rings (SSSR count). The average molecular weight is 320 g/mol. The van der Waals surface area contributed by atoms with Gasteiger partial charge in [-0.15, -0.1) is 0 Å². The number of hydrogen-bond acceptors (Lipinski definition) is 1. The number of likely N-dealkylation sites (tertiary alicyclic amines) is 1. The molecule has 1 heterocycles. The highest BCUT2D eigenvalue weighted by atomic mass is 19.4. The summed E-state index contributed by atoms with van der Waals surface area (Å²) >= 11 is 0. The van der Waals surface area contributed by atoms with Crippen LogP contribution >= 0.6 is 0 Å². The molecule has 0 aliphatic carbocycles. The molecule has 124 valence electrons. The van der Waals surface area contributed by atoms with Gasteiger partial charge in [-0.3, -0.25) is 0 Å². The van der Waals surface area contributed by atoms with E-state index in [9.17, 15) is 31.1 Å². The largest absolute Gasteiger partial charge is 0.404 e. The summed E-state index contributed by atoms with van der Waals surface area (Å²) < 4.78 is 77.5. The molecule has 0 saturated carbocycles. The van der Waals surface area contributed by atoms with E-state index in [0.29, 0.717) is 4.90 Å². The molecule has 1 aliphatic heterocycles. The van der Waals surface area contributed by atoms with Gasteiger partial charge in [0.2, 0.25) is 0 Å². The molecule has 0 radical (unpaired) electrons. The van der Waals surface area contributed by atoms with E-state index in [1.165, 1.54) is 4.90 Å². The maximum Gasteiger partial charge on any atom is 0.404 e. The summed E-state index contributed by atoms with van der Waals surface area (Å²) in [6.45, 7) is 3.21. The number of rotatable bonds is 2. The third kappa shape index (κ3) is 3.06. The Kier molecular flexibility index (Phi) is 4.74. The van der Waals surface area contributed by atoms with Crippen LogP contribution in [-0.4, -0.2) is 53.9 Å². The molecule has 0 atom stereocenters. The Bertz CT molecular complexity index is 376. The van der Waals surface area contributed by atoms with Gasteiger partial charge in [-0.25, -0.2) is 4.79 Å². The highest BCUT2D eigenvalue weighted by Crippen LogP contribution is 2.55. The van der Waals surface area contributed by atoms with Crippen LogP contribution in [-0.2, 0) is 0 Å². The maximum absolute atomic E-state index is 12.9. The first kappa shape index (κ1) is 17.9. The second kappa shape index (κ2) is 5.57. The number of nitrogens with zero attached hydrogens (tertiary/aromatic N) is 2. The van der Waals surface area contributed by atoms with E-state index in [4.69, 9.17) is 0 Å². The second-order valence-electron chi connectivity index (χ2n) is 5.41. The smallest absolute Gasteiger partial charge is 0.323 e. The molecule has 3 nitrogen and oxygen atoms in total. The predicted molar refractivity (Wildman–Crippen MR) is 63.6 cm³/mol. The summed E-state index contributed by atoms with van der Waals surface area (Å²) in [6.07, 6.45) is -12.0. The lowest BCUT2D eigenvalue weighted by Crippen LogP contribution is -2.53. The van der Waals surface area contributed by atoms with Crippen LogP contribution in [0, 0.1) is 5.41 Å². The van der Waals surface area contributed by atoms with Crippen LogP contribution in [0.2, 0.25) is 0 Å². The molecule has 1 fully saturated rings. The van der Waals surface area contributed by atoms with Gasteiger partial charge in [0, 0.05) is 25.7 Å². The second-order valence-corrected chi connectivity index (χ2v) is 5.41. The highest BCUT2D eigenvalue weighted by molar-refractivity contribution is 5.75. The number of urea groups is 1. The quantitative estimate of drug-likeness (QED) is 0.712. The number of carbonyl (C=O) groups excluding carboxylic acids is 1. The molecule has 0 spiro atoms.